The Kier molecular flexibility index (Phi) is 2.80. The molecule has 0 unspecified atom stereocenters. The fraction of sp³-hybridized carbons (Fsp3) is 0.500. The fourth-order valence-corrected chi connectivity index (χ4v) is 0.171. The molecule has 0 bridgehead atoms. The number of carbonyl (C=O) groups is 1. The van der Waals surface area contributed by atoms with Crippen molar-refractivity contribution in [3.8, 4) is 0 Å². The summed E-state index contributed by atoms with van der Waals surface area (Å²) in [7, 11) is 0. The van der Waals surface area contributed by atoms with Crippen LogP contribution in [0.5, 0.6) is 0 Å². The average molecular weight is 110 g/mol. The SMILES string of the molecule is O=C(O)CNCl. The van der Waals surface area contributed by atoms with E-state index >= 15 is 0 Å². The van der Waals surface area contributed by atoms with Gasteiger partial charge < -0.3 is 5.11 Å². The summed E-state index contributed by atoms with van der Waals surface area (Å²) in [6.07, 6.45) is 0. The second kappa shape index (κ2) is 2.93. The second-order valence-corrected chi connectivity index (χ2v) is 0.971. The number of hydrogen-bond acceptors (Lipinski definition) is 2. The summed E-state index contributed by atoms with van der Waals surface area (Å²) in [6.45, 7) is -0.193. The molecule has 0 aliphatic rings. The van der Waals surface area contributed by atoms with Gasteiger partial charge in [-0.1, -0.05) is 0 Å². The Labute approximate surface area is 40.0 Å². The van der Waals surface area contributed by atoms with E-state index in [9.17, 15) is 4.79 Å². The Balaban J connectivity index is 2.83. The van der Waals surface area contributed by atoms with Crippen LogP contribution in [-0.2, 0) is 4.79 Å². The van der Waals surface area contributed by atoms with Gasteiger partial charge in [0.2, 0.25) is 0 Å². The van der Waals surface area contributed by atoms with E-state index in [0.717, 1.165) is 0 Å². The molecule has 0 aromatic heterocycles. The number of halogens is 1. The van der Waals surface area contributed by atoms with Crippen LogP contribution in [0.15, 0.2) is 0 Å². The average Bonchev–Trinajstić information content (AvgIpc) is 1.35. The summed E-state index contributed by atoms with van der Waals surface area (Å²) in [4.78, 5) is 11.4. The molecule has 0 amide bonds. The fourth-order valence-electron chi connectivity index (χ4n) is 0.0572. The van der Waals surface area contributed by atoms with Gasteiger partial charge in [0.25, 0.3) is 0 Å². The van der Waals surface area contributed by atoms with Crippen molar-refractivity contribution in [2.45, 2.75) is 0 Å². The van der Waals surface area contributed by atoms with Crippen LogP contribution in [0.3, 0.4) is 0 Å². The number of aliphatic carboxylic acids is 1. The number of carboxylic acid groups (broad SMARTS) is 1. The molecule has 0 saturated carbocycles. The van der Waals surface area contributed by atoms with E-state index in [4.69, 9.17) is 16.9 Å². The van der Waals surface area contributed by atoms with Gasteiger partial charge in [0, 0.05) is 0 Å². The molecule has 4 heteroatoms. The number of hydrogen-bond donors (Lipinski definition) is 2. The lowest BCUT2D eigenvalue weighted by atomic mass is 10.7. The third-order valence-electron chi connectivity index (χ3n) is 0.218. The molecule has 0 aliphatic heterocycles. The van der Waals surface area contributed by atoms with Crippen LogP contribution in [0.25, 0.3) is 0 Å². The Morgan fingerprint density at radius 1 is 2.00 bits per heavy atom. The minimum absolute atomic E-state index is 0.193. The first kappa shape index (κ1) is 5.72. The first-order valence-electron chi connectivity index (χ1n) is 1.32. The molecule has 0 heterocycles. The Bertz CT molecular complexity index is 55.5. The van der Waals surface area contributed by atoms with E-state index in [-0.39, 0.29) is 6.54 Å². The van der Waals surface area contributed by atoms with E-state index in [1.165, 1.54) is 0 Å². The molecule has 6 heavy (non-hydrogen) atoms. The Morgan fingerprint density at radius 3 is 2.50 bits per heavy atom. The van der Waals surface area contributed by atoms with Gasteiger partial charge in [-0.2, -0.15) is 0 Å². The minimum atomic E-state index is -0.954. The van der Waals surface area contributed by atoms with Gasteiger partial charge >= 0.3 is 5.97 Å². The molecule has 0 atom stereocenters. The highest BCUT2D eigenvalue weighted by Gasteiger charge is 1.87. The van der Waals surface area contributed by atoms with E-state index in [0.29, 0.717) is 0 Å². The van der Waals surface area contributed by atoms with Crippen molar-refractivity contribution in [2.75, 3.05) is 6.54 Å². The van der Waals surface area contributed by atoms with Crippen molar-refractivity contribution in [3.05, 3.63) is 0 Å². The molecule has 0 fully saturated rings. The van der Waals surface area contributed by atoms with Gasteiger partial charge in [-0.05, 0) is 11.8 Å². The van der Waals surface area contributed by atoms with Crippen molar-refractivity contribution in [1.29, 1.82) is 0 Å². The van der Waals surface area contributed by atoms with Gasteiger partial charge in [0.1, 0.15) is 6.54 Å². The summed E-state index contributed by atoms with van der Waals surface area (Å²) in [5.74, 6) is -0.954. The lowest BCUT2D eigenvalue weighted by Gasteiger charge is -1.81. The van der Waals surface area contributed by atoms with Crippen LogP contribution in [0.1, 0.15) is 0 Å². The van der Waals surface area contributed by atoms with Gasteiger partial charge in [-0.3, -0.25) is 4.79 Å². The normalized spacial score (nSPS) is 8.17. The molecule has 0 aromatic rings. The van der Waals surface area contributed by atoms with Crippen LogP contribution >= 0.6 is 11.8 Å². The summed E-state index contributed by atoms with van der Waals surface area (Å²) < 4.78 is 0. The largest absolute Gasteiger partial charge is 0.480 e. The molecule has 36 valence electrons. The molecule has 0 saturated heterocycles. The number of carboxylic acids is 1. The molecule has 0 spiro atoms. The maximum Gasteiger partial charge on any atom is 0.318 e. The summed E-state index contributed by atoms with van der Waals surface area (Å²) in [5, 5.41) is 7.77. The van der Waals surface area contributed by atoms with E-state index in [1.54, 1.807) is 0 Å². The highest BCUT2D eigenvalue weighted by Crippen LogP contribution is 1.59. The van der Waals surface area contributed by atoms with Gasteiger partial charge in [0.15, 0.2) is 0 Å². The van der Waals surface area contributed by atoms with E-state index in [1.807, 2.05) is 4.84 Å². The van der Waals surface area contributed by atoms with Gasteiger partial charge in [0.05, 0.1) is 0 Å². The van der Waals surface area contributed by atoms with E-state index < -0.39 is 5.97 Å². The van der Waals surface area contributed by atoms with Crippen molar-refractivity contribution in [1.82, 2.24) is 4.84 Å². The van der Waals surface area contributed by atoms with Crippen LogP contribution in [0.4, 0.5) is 0 Å². The lowest BCUT2D eigenvalue weighted by Crippen LogP contribution is -2.12. The molecule has 0 rings (SSSR count). The minimum Gasteiger partial charge on any atom is -0.480 e. The van der Waals surface area contributed by atoms with Gasteiger partial charge in [-0.25, -0.2) is 4.84 Å². The van der Waals surface area contributed by atoms with Gasteiger partial charge in [-0.15, -0.1) is 0 Å². The van der Waals surface area contributed by atoms with Crippen molar-refractivity contribution in [3.63, 3.8) is 0 Å². The van der Waals surface area contributed by atoms with E-state index in [2.05, 4.69) is 0 Å². The third kappa shape index (κ3) is 3.72. The number of rotatable bonds is 2. The molecule has 2 N–H and O–H groups in total. The topological polar surface area (TPSA) is 49.3 Å². The first-order chi connectivity index (χ1) is 2.77. The molecule has 0 aromatic carbocycles. The zero-order chi connectivity index (χ0) is 4.99. The predicted octanol–water partition coefficient (Wildman–Crippen LogP) is -0.186. The highest BCUT2D eigenvalue weighted by atomic mass is 35.5. The predicted molar refractivity (Wildman–Crippen MR) is 21.5 cm³/mol. The smallest absolute Gasteiger partial charge is 0.318 e. The molecule has 0 radical (unpaired) electrons. The first-order valence-corrected chi connectivity index (χ1v) is 1.70. The second-order valence-electron chi connectivity index (χ2n) is 0.704. The lowest BCUT2D eigenvalue weighted by molar-refractivity contribution is -0.135. The zero-order valence-corrected chi connectivity index (χ0v) is 3.70. The monoisotopic (exact) mass is 109 g/mol. The van der Waals surface area contributed by atoms with Crippen LogP contribution < -0.4 is 4.84 Å². The third-order valence-corrected chi connectivity index (χ3v) is 0.352. The molecular weight excluding hydrogens is 105 g/mol. The highest BCUT2D eigenvalue weighted by molar-refractivity contribution is 6.14. The summed E-state index contributed by atoms with van der Waals surface area (Å²) in [6, 6.07) is 0. The summed E-state index contributed by atoms with van der Waals surface area (Å²) >= 11 is 4.77. The van der Waals surface area contributed by atoms with Crippen molar-refractivity contribution < 1.29 is 9.90 Å². The number of nitrogens with one attached hydrogen (secondary N) is 1. The van der Waals surface area contributed by atoms with Crippen LogP contribution in [0.2, 0.25) is 0 Å². The van der Waals surface area contributed by atoms with Crippen LogP contribution in [-0.4, -0.2) is 17.6 Å². The Hall–Kier alpha value is -0.280. The molecule has 3 nitrogen and oxygen atoms in total. The maximum absolute atomic E-state index is 9.45. The summed E-state index contributed by atoms with van der Waals surface area (Å²) in [5.41, 5.74) is 0. The standard InChI is InChI=1S/C2H4ClNO2/c3-4-1-2(5)6/h4H,1H2,(H,5,6). The molecular formula is C2H4ClNO2. The zero-order valence-electron chi connectivity index (χ0n) is 2.94. The van der Waals surface area contributed by atoms with Crippen LogP contribution in [0, 0.1) is 0 Å². The maximum atomic E-state index is 9.45. The quantitative estimate of drug-likeness (QED) is 0.484. The Morgan fingerprint density at radius 2 is 2.50 bits per heavy atom. The molecule has 0 aliphatic carbocycles. The van der Waals surface area contributed by atoms with Crippen molar-refractivity contribution in [2.24, 2.45) is 0 Å². The van der Waals surface area contributed by atoms with Crippen molar-refractivity contribution >= 4 is 17.7 Å².